The SMILES string of the molecule is CN1CCNCC(C)(c2ccccn2)C1. The summed E-state index contributed by atoms with van der Waals surface area (Å²) >= 11 is 0. The number of rotatable bonds is 1. The highest BCUT2D eigenvalue weighted by molar-refractivity contribution is 5.17. The van der Waals surface area contributed by atoms with Gasteiger partial charge in [-0.1, -0.05) is 13.0 Å². The van der Waals surface area contributed by atoms with Crippen molar-refractivity contribution < 1.29 is 0 Å². The van der Waals surface area contributed by atoms with Gasteiger partial charge >= 0.3 is 0 Å². The van der Waals surface area contributed by atoms with Crippen molar-refractivity contribution in [2.75, 3.05) is 33.2 Å². The van der Waals surface area contributed by atoms with Crippen molar-refractivity contribution in [2.45, 2.75) is 12.3 Å². The summed E-state index contributed by atoms with van der Waals surface area (Å²) in [6.45, 7) is 6.54. The summed E-state index contributed by atoms with van der Waals surface area (Å²) in [5.74, 6) is 0. The number of pyridine rings is 1. The molecule has 82 valence electrons. The fourth-order valence-corrected chi connectivity index (χ4v) is 2.26. The second-order valence-corrected chi connectivity index (χ2v) is 4.69. The molecule has 0 aromatic carbocycles. The molecular weight excluding hydrogens is 186 g/mol. The highest BCUT2D eigenvalue weighted by Gasteiger charge is 2.30. The molecule has 1 atom stereocenters. The van der Waals surface area contributed by atoms with E-state index < -0.39 is 0 Å². The highest BCUT2D eigenvalue weighted by atomic mass is 15.1. The van der Waals surface area contributed by atoms with Crippen LogP contribution in [0.5, 0.6) is 0 Å². The van der Waals surface area contributed by atoms with Gasteiger partial charge in [-0.15, -0.1) is 0 Å². The number of hydrogen-bond donors (Lipinski definition) is 1. The Morgan fingerprint density at radius 1 is 1.47 bits per heavy atom. The summed E-state index contributed by atoms with van der Waals surface area (Å²) < 4.78 is 0. The Morgan fingerprint density at radius 2 is 2.33 bits per heavy atom. The highest BCUT2D eigenvalue weighted by Crippen LogP contribution is 2.22. The zero-order valence-electron chi connectivity index (χ0n) is 9.53. The minimum Gasteiger partial charge on any atom is -0.314 e. The zero-order chi connectivity index (χ0) is 10.7. The van der Waals surface area contributed by atoms with Crippen LogP contribution >= 0.6 is 0 Å². The van der Waals surface area contributed by atoms with Gasteiger partial charge in [-0.3, -0.25) is 4.98 Å². The molecule has 0 spiro atoms. The Bertz CT molecular complexity index is 312. The van der Waals surface area contributed by atoms with E-state index in [9.17, 15) is 0 Å². The van der Waals surface area contributed by atoms with E-state index in [2.05, 4.69) is 41.3 Å². The van der Waals surface area contributed by atoms with Crippen LogP contribution in [0.3, 0.4) is 0 Å². The van der Waals surface area contributed by atoms with Gasteiger partial charge in [-0.25, -0.2) is 0 Å². The molecule has 2 rings (SSSR count). The second kappa shape index (κ2) is 4.29. The van der Waals surface area contributed by atoms with Gasteiger partial charge in [-0.05, 0) is 19.2 Å². The van der Waals surface area contributed by atoms with E-state index in [1.165, 1.54) is 5.69 Å². The van der Waals surface area contributed by atoms with Crippen LogP contribution in [-0.4, -0.2) is 43.1 Å². The van der Waals surface area contributed by atoms with E-state index in [1.54, 1.807) is 0 Å². The third-order valence-corrected chi connectivity index (χ3v) is 3.09. The number of aromatic nitrogens is 1. The molecule has 1 unspecified atom stereocenters. The van der Waals surface area contributed by atoms with E-state index in [1.807, 2.05) is 12.3 Å². The first-order chi connectivity index (χ1) is 7.21. The summed E-state index contributed by atoms with van der Waals surface area (Å²) in [4.78, 5) is 6.85. The fourth-order valence-electron chi connectivity index (χ4n) is 2.26. The second-order valence-electron chi connectivity index (χ2n) is 4.69. The van der Waals surface area contributed by atoms with Gasteiger partial charge in [0.15, 0.2) is 0 Å². The van der Waals surface area contributed by atoms with E-state index in [4.69, 9.17) is 0 Å². The maximum absolute atomic E-state index is 4.48. The molecular formula is C12H19N3. The van der Waals surface area contributed by atoms with Gasteiger partial charge in [0.2, 0.25) is 0 Å². The number of nitrogens with zero attached hydrogens (tertiary/aromatic N) is 2. The van der Waals surface area contributed by atoms with E-state index in [0.717, 1.165) is 26.2 Å². The molecule has 1 aliphatic rings. The van der Waals surface area contributed by atoms with Crippen LogP contribution in [-0.2, 0) is 5.41 Å². The molecule has 3 nitrogen and oxygen atoms in total. The first-order valence-electron chi connectivity index (χ1n) is 5.51. The van der Waals surface area contributed by atoms with Crippen molar-refractivity contribution >= 4 is 0 Å². The van der Waals surface area contributed by atoms with E-state index in [-0.39, 0.29) is 5.41 Å². The van der Waals surface area contributed by atoms with Crippen LogP contribution in [0.25, 0.3) is 0 Å². The minimum absolute atomic E-state index is 0.131. The van der Waals surface area contributed by atoms with Gasteiger partial charge in [0, 0.05) is 43.5 Å². The molecule has 1 aromatic rings. The van der Waals surface area contributed by atoms with Crippen LogP contribution in [0.2, 0.25) is 0 Å². The van der Waals surface area contributed by atoms with Crippen LogP contribution in [0.4, 0.5) is 0 Å². The summed E-state index contributed by atoms with van der Waals surface area (Å²) in [7, 11) is 2.17. The Kier molecular flexibility index (Phi) is 3.03. The standard InChI is InChI=1S/C12H19N3/c1-12(11-5-3-4-6-14-11)9-13-7-8-15(2)10-12/h3-6,13H,7-10H2,1-2H3. The van der Waals surface area contributed by atoms with Crippen molar-refractivity contribution in [3.63, 3.8) is 0 Å². The predicted octanol–water partition coefficient (Wildman–Crippen LogP) is 0.874. The quantitative estimate of drug-likeness (QED) is 0.737. The molecule has 3 heteroatoms. The van der Waals surface area contributed by atoms with Gasteiger partial charge in [-0.2, -0.15) is 0 Å². The van der Waals surface area contributed by atoms with Crippen LogP contribution in [0, 0.1) is 0 Å². The maximum atomic E-state index is 4.48. The molecule has 1 aliphatic heterocycles. The molecule has 1 fully saturated rings. The average molecular weight is 205 g/mol. The van der Waals surface area contributed by atoms with E-state index in [0.29, 0.717) is 0 Å². The number of likely N-dealkylation sites (N-methyl/N-ethyl adjacent to an activating group) is 1. The minimum atomic E-state index is 0.131. The van der Waals surface area contributed by atoms with Gasteiger partial charge in [0.05, 0.1) is 0 Å². The predicted molar refractivity (Wildman–Crippen MR) is 62.0 cm³/mol. The van der Waals surface area contributed by atoms with Crippen LogP contribution in [0.1, 0.15) is 12.6 Å². The summed E-state index contributed by atoms with van der Waals surface area (Å²) in [6.07, 6.45) is 1.88. The number of nitrogens with one attached hydrogen (secondary N) is 1. The largest absolute Gasteiger partial charge is 0.314 e. The van der Waals surface area contributed by atoms with Crippen molar-refractivity contribution in [1.29, 1.82) is 0 Å². The van der Waals surface area contributed by atoms with Crippen molar-refractivity contribution in [3.8, 4) is 0 Å². The Morgan fingerprint density at radius 3 is 3.07 bits per heavy atom. The molecule has 1 N–H and O–H groups in total. The third-order valence-electron chi connectivity index (χ3n) is 3.09. The summed E-state index contributed by atoms with van der Waals surface area (Å²) in [5.41, 5.74) is 1.32. The normalized spacial score (nSPS) is 28.7. The van der Waals surface area contributed by atoms with Gasteiger partial charge < -0.3 is 10.2 Å². The topological polar surface area (TPSA) is 28.2 Å². The molecule has 1 saturated heterocycles. The van der Waals surface area contributed by atoms with Crippen LogP contribution in [0.15, 0.2) is 24.4 Å². The molecule has 0 saturated carbocycles. The Hall–Kier alpha value is -0.930. The summed E-state index contributed by atoms with van der Waals surface area (Å²) in [6, 6.07) is 6.17. The molecule has 15 heavy (non-hydrogen) atoms. The smallest absolute Gasteiger partial charge is 0.0488 e. The molecule has 0 radical (unpaired) electrons. The molecule has 1 aromatic heterocycles. The third kappa shape index (κ3) is 2.36. The molecule has 0 amide bonds. The lowest BCUT2D eigenvalue weighted by Crippen LogP contribution is -2.40. The Balaban J connectivity index is 2.24. The monoisotopic (exact) mass is 205 g/mol. The zero-order valence-corrected chi connectivity index (χ0v) is 9.53. The molecule has 0 aliphatic carbocycles. The lowest BCUT2D eigenvalue weighted by atomic mass is 9.86. The Labute approximate surface area is 91.5 Å². The number of hydrogen-bond acceptors (Lipinski definition) is 3. The average Bonchev–Trinajstić information content (AvgIpc) is 2.42. The molecule has 2 heterocycles. The van der Waals surface area contributed by atoms with Gasteiger partial charge in [0.25, 0.3) is 0 Å². The maximum Gasteiger partial charge on any atom is 0.0488 e. The lowest BCUT2D eigenvalue weighted by Gasteiger charge is -2.30. The van der Waals surface area contributed by atoms with Gasteiger partial charge in [0.1, 0.15) is 0 Å². The first-order valence-corrected chi connectivity index (χ1v) is 5.51. The lowest BCUT2D eigenvalue weighted by molar-refractivity contribution is 0.286. The van der Waals surface area contributed by atoms with E-state index >= 15 is 0 Å². The van der Waals surface area contributed by atoms with Crippen molar-refractivity contribution in [1.82, 2.24) is 15.2 Å². The van der Waals surface area contributed by atoms with Crippen LogP contribution < -0.4 is 5.32 Å². The summed E-state index contributed by atoms with van der Waals surface area (Å²) in [5, 5.41) is 3.49. The first kappa shape index (κ1) is 10.6. The fraction of sp³-hybridized carbons (Fsp3) is 0.583. The van der Waals surface area contributed by atoms with Crippen molar-refractivity contribution in [3.05, 3.63) is 30.1 Å². The van der Waals surface area contributed by atoms with Crippen molar-refractivity contribution in [2.24, 2.45) is 0 Å². The molecule has 0 bridgehead atoms.